The first-order chi connectivity index (χ1) is 11.9. The largest absolute Gasteiger partial charge is 0.372 e. The molecule has 2 fully saturated rings. The minimum atomic E-state index is -2.92. The van der Waals surface area contributed by atoms with Gasteiger partial charge in [-0.15, -0.1) is 0 Å². The zero-order valence-electron chi connectivity index (χ0n) is 15.0. The number of hydrogen-bond acceptors (Lipinski definition) is 4. The Morgan fingerprint density at radius 1 is 1.16 bits per heavy atom. The Bertz CT molecular complexity index is 694. The Hall–Kier alpha value is -1.56. The summed E-state index contributed by atoms with van der Waals surface area (Å²) in [5, 5.41) is 0. The van der Waals surface area contributed by atoms with E-state index in [4.69, 9.17) is 0 Å². The van der Waals surface area contributed by atoms with Gasteiger partial charge in [-0.25, -0.2) is 8.42 Å². The third-order valence-corrected chi connectivity index (χ3v) is 7.13. The van der Waals surface area contributed by atoms with Crippen molar-refractivity contribution in [1.29, 1.82) is 0 Å². The minimum Gasteiger partial charge on any atom is -0.372 e. The molecule has 6 heteroatoms. The van der Waals surface area contributed by atoms with Gasteiger partial charge in [0.15, 0.2) is 9.84 Å². The number of carbonyl (C=O) groups is 1. The fourth-order valence-corrected chi connectivity index (χ4v) is 5.62. The summed E-state index contributed by atoms with van der Waals surface area (Å²) in [4.78, 5) is 16.5. The first-order valence-corrected chi connectivity index (χ1v) is 11.0. The zero-order chi connectivity index (χ0) is 17.9. The fraction of sp³-hybridized carbons (Fsp3) is 0.632. The van der Waals surface area contributed by atoms with E-state index in [1.54, 1.807) is 11.9 Å². The molecule has 3 rings (SSSR count). The first-order valence-electron chi connectivity index (χ1n) is 9.21. The van der Waals surface area contributed by atoms with E-state index in [1.165, 1.54) is 24.9 Å². The molecule has 0 aliphatic carbocycles. The van der Waals surface area contributed by atoms with Crippen LogP contribution in [-0.4, -0.2) is 50.9 Å². The van der Waals surface area contributed by atoms with E-state index in [0.717, 1.165) is 18.7 Å². The lowest BCUT2D eigenvalue weighted by atomic mass is 10.0. The number of carbonyl (C=O) groups excluding carboxylic acids is 1. The average Bonchev–Trinajstić information content (AvgIpc) is 2.95. The number of amides is 1. The number of hydrogen-bond donors (Lipinski definition) is 0. The molecule has 138 valence electrons. The maximum absolute atomic E-state index is 12.4. The molecule has 0 aromatic heterocycles. The normalized spacial score (nSPS) is 22.8. The Kier molecular flexibility index (Phi) is 5.67. The summed E-state index contributed by atoms with van der Waals surface area (Å²) in [5.41, 5.74) is 2.37. The number of rotatable bonds is 5. The molecule has 1 unspecified atom stereocenters. The summed E-state index contributed by atoms with van der Waals surface area (Å²) in [6.07, 6.45) is 4.80. The van der Waals surface area contributed by atoms with Crippen LogP contribution in [0.3, 0.4) is 0 Å². The van der Waals surface area contributed by atoms with Crippen LogP contribution in [0.4, 0.5) is 5.69 Å². The van der Waals surface area contributed by atoms with Crippen LogP contribution in [0, 0.1) is 5.92 Å². The van der Waals surface area contributed by atoms with Crippen molar-refractivity contribution in [2.45, 2.75) is 38.6 Å². The SMILES string of the molecule is CN(Cc1ccc(N2CCCCC2)cc1)C(=O)CC1CCS(=O)(=O)C1. The second kappa shape index (κ2) is 7.77. The van der Waals surface area contributed by atoms with E-state index in [-0.39, 0.29) is 23.3 Å². The summed E-state index contributed by atoms with van der Waals surface area (Å²) in [7, 11) is -1.12. The molecule has 0 spiro atoms. The molecule has 2 aliphatic heterocycles. The maximum atomic E-state index is 12.4. The van der Waals surface area contributed by atoms with Gasteiger partial charge in [-0.1, -0.05) is 12.1 Å². The highest BCUT2D eigenvalue weighted by atomic mass is 32.2. The first kappa shape index (κ1) is 18.2. The molecule has 1 atom stereocenters. The van der Waals surface area contributed by atoms with Crippen LogP contribution in [0.25, 0.3) is 0 Å². The minimum absolute atomic E-state index is 0.0126. The van der Waals surface area contributed by atoms with Gasteiger partial charge in [0.1, 0.15) is 0 Å². The molecule has 1 amide bonds. The molecular weight excluding hydrogens is 336 g/mol. The molecule has 0 saturated carbocycles. The molecule has 0 bridgehead atoms. The van der Waals surface area contributed by atoms with Gasteiger partial charge in [0.25, 0.3) is 0 Å². The van der Waals surface area contributed by atoms with Crippen molar-refractivity contribution in [3.8, 4) is 0 Å². The van der Waals surface area contributed by atoms with Crippen LogP contribution in [0.5, 0.6) is 0 Å². The lowest BCUT2D eigenvalue weighted by Crippen LogP contribution is -2.29. The second-order valence-corrected chi connectivity index (χ2v) is 9.67. The number of piperidine rings is 1. The van der Waals surface area contributed by atoms with E-state index in [2.05, 4.69) is 29.2 Å². The van der Waals surface area contributed by atoms with Gasteiger partial charge in [-0.3, -0.25) is 4.79 Å². The summed E-state index contributed by atoms with van der Waals surface area (Å²) in [6.45, 7) is 2.82. The van der Waals surface area contributed by atoms with E-state index in [9.17, 15) is 13.2 Å². The van der Waals surface area contributed by atoms with Crippen LogP contribution in [-0.2, 0) is 21.2 Å². The molecule has 2 saturated heterocycles. The van der Waals surface area contributed by atoms with Gasteiger partial charge in [0.2, 0.25) is 5.91 Å². The summed E-state index contributed by atoms with van der Waals surface area (Å²) >= 11 is 0. The Balaban J connectivity index is 1.51. The number of benzene rings is 1. The van der Waals surface area contributed by atoms with E-state index < -0.39 is 9.84 Å². The highest BCUT2D eigenvalue weighted by molar-refractivity contribution is 7.91. The molecule has 1 aromatic carbocycles. The Morgan fingerprint density at radius 3 is 2.44 bits per heavy atom. The monoisotopic (exact) mass is 364 g/mol. The molecule has 0 N–H and O–H groups in total. The van der Waals surface area contributed by atoms with Gasteiger partial charge in [0, 0.05) is 38.8 Å². The Labute approximate surface area is 150 Å². The number of nitrogens with zero attached hydrogens (tertiary/aromatic N) is 2. The molecule has 1 aromatic rings. The lowest BCUT2D eigenvalue weighted by molar-refractivity contribution is -0.131. The van der Waals surface area contributed by atoms with Crippen LogP contribution in [0.2, 0.25) is 0 Å². The molecule has 0 radical (unpaired) electrons. The third kappa shape index (κ3) is 4.97. The third-order valence-electron chi connectivity index (χ3n) is 5.29. The standard InChI is InChI=1S/C19H28N2O3S/c1-20(19(22)13-17-9-12-25(23,24)15-17)14-16-5-7-18(8-6-16)21-10-3-2-4-11-21/h5-8,17H,2-4,9-15H2,1H3. The van der Waals surface area contributed by atoms with Crippen LogP contribution >= 0.6 is 0 Å². The second-order valence-electron chi connectivity index (χ2n) is 7.44. The van der Waals surface area contributed by atoms with Gasteiger partial charge in [0.05, 0.1) is 11.5 Å². The average molecular weight is 365 g/mol. The summed E-state index contributed by atoms with van der Waals surface area (Å²) in [5.74, 6) is 0.410. The molecule has 25 heavy (non-hydrogen) atoms. The van der Waals surface area contributed by atoms with E-state index in [0.29, 0.717) is 19.4 Å². The smallest absolute Gasteiger partial charge is 0.222 e. The highest BCUT2D eigenvalue weighted by Crippen LogP contribution is 2.23. The van der Waals surface area contributed by atoms with Gasteiger partial charge >= 0.3 is 0 Å². The number of anilines is 1. The van der Waals surface area contributed by atoms with Crippen molar-refractivity contribution in [3.63, 3.8) is 0 Å². The maximum Gasteiger partial charge on any atom is 0.222 e. The van der Waals surface area contributed by atoms with Gasteiger partial charge < -0.3 is 9.80 Å². The summed E-state index contributed by atoms with van der Waals surface area (Å²) in [6, 6.07) is 8.46. The van der Waals surface area contributed by atoms with Crippen LogP contribution < -0.4 is 4.90 Å². The van der Waals surface area contributed by atoms with Crippen molar-refractivity contribution in [1.82, 2.24) is 4.90 Å². The van der Waals surface area contributed by atoms with Crippen LogP contribution in [0.1, 0.15) is 37.7 Å². The predicted octanol–water partition coefficient (Wildman–Crippen LogP) is 2.46. The summed E-state index contributed by atoms with van der Waals surface area (Å²) < 4.78 is 23.0. The van der Waals surface area contributed by atoms with Crippen molar-refractivity contribution >= 4 is 21.4 Å². The lowest BCUT2D eigenvalue weighted by Gasteiger charge is -2.29. The topological polar surface area (TPSA) is 57.7 Å². The van der Waals surface area contributed by atoms with E-state index >= 15 is 0 Å². The predicted molar refractivity (Wildman–Crippen MR) is 100 cm³/mol. The highest BCUT2D eigenvalue weighted by Gasteiger charge is 2.30. The van der Waals surface area contributed by atoms with Crippen molar-refractivity contribution in [2.24, 2.45) is 5.92 Å². The zero-order valence-corrected chi connectivity index (χ0v) is 15.8. The molecule has 2 aliphatic rings. The molecule has 5 nitrogen and oxygen atoms in total. The number of sulfone groups is 1. The van der Waals surface area contributed by atoms with E-state index in [1.807, 2.05) is 0 Å². The fourth-order valence-electron chi connectivity index (χ4n) is 3.76. The van der Waals surface area contributed by atoms with Crippen LogP contribution in [0.15, 0.2) is 24.3 Å². The van der Waals surface area contributed by atoms with Gasteiger partial charge in [-0.05, 0) is 49.3 Å². The van der Waals surface area contributed by atoms with Crippen molar-refractivity contribution in [3.05, 3.63) is 29.8 Å². The Morgan fingerprint density at radius 2 is 1.84 bits per heavy atom. The van der Waals surface area contributed by atoms with Crippen molar-refractivity contribution in [2.75, 3.05) is 36.5 Å². The quantitative estimate of drug-likeness (QED) is 0.805. The van der Waals surface area contributed by atoms with Crippen molar-refractivity contribution < 1.29 is 13.2 Å². The molecular formula is C19H28N2O3S. The van der Waals surface area contributed by atoms with Gasteiger partial charge in [-0.2, -0.15) is 0 Å². The molecule has 2 heterocycles.